The molecule has 1 aliphatic rings. The Morgan fingerprint density at radius 1 is 1.14 bits per heavy atom. The number of amides is 1. The summed E-state index contributed by atoms with van der Waals surface area (Å²) in [4.78, 5) is 28.3. The molecule has 0 aliphatic carbocycles. The van der Waals surface area contributed by atoms with Gasteiger partial charge in [-0.15, -0.1) is 0 Å². The molecule has 2 heterocycles. The highest BCUT2D eigenvalue weighted by molar-refractivity contribution is 5.94. The largest absolute Gasteiger partial charge is 0.329 e. The minimum Gasteiger partial charge on any atom is -0.329 e. The van der Waals surface area contributed by atoms with Gasteiger partial charge in [0.05, 0.1) is 30.2 Å². The first-order valence-electron chi connectivity index (χ1n) is 9.83. The molecule has 0 spiro atoms. The van der Waals surface area contributed by atoms with E-state index in [1.54, 1.807) is 6.33 Å². The van der Waals surface area contributed by atoms with Gasteiger partial charge in [-0.25, -0.2) is 4.98 Å². The molecule has 3 aromatic rings. The maximum Gasteiger partial charge on any atom is 0.224 e. The molecule has 1 aliphatic heterocycles. The van der Waals surface area contributed by atoms with Crippen LogP contribution < -0.4 is 11.1 Å². The van der Waals surface area contributed by atoms with Gasteiger partial charge < -0.3 is 20.4 Å². The molecule has 1 amide bonds. The number of aryl methyl sites for hydroxylation is 1. The van der Waals surface area contributed by atoms with Gasteiger partial charge in [-0.1, -0.05) is 48.5 Å². The molecule has 1 unspecified atom stereocenters. The second-order valence-corrected chi connectivity index (χ2v) is 7.34. The molecule has 0 saturated carbocycles. The van der Waals surface area contributed by atoms with Gasteiger partial charge in [0.15, 0.2) is 0 Å². The molecule has 29 heavy (non-hydrogen) atoms. The van der Waals surface area contributed by atoms with Crippen LogP contribution >= 0.6 is 0 Å². The van der Waals surface area contributed by atoms with Crippen LogP contribution in [0.25, 0.3) is 0 Å². The lowest BCUT2D eigenvalue weighted by Gasteiger charge is -2.21. The lowest BCUT2D eigenvalue weighted by atomic mass is 9.98. The summed E-state index contributed by atoms with van der Waals surface area (Å²) in [7, 11) is 0. The standard InChI is InChI=1S/C23H24N4O2/c24-12-19(14-28)23-20(11-16-5-2-1-3-6-16)25-15-27(23)13-18-8-4-7-17-9-10-21(29)26-22(17)18/h1-8,14-15,19H,9-13,24H2,(H,26,29). The molecule has 0 radical (unpaired) electrons. The number of para-hydroxylation sites is 1. The zero-order valence-electron chi connectivity index (χ0n) is 16.2. The first-order valence-corrected chi connectivity index (χ1v) is 9.83. The van der Waals surface area contributed by atoms with Gasteiger partial charge in [-0.2, -0.15) is 0 Å². The van der Waals surface area contributed by atoms with Crippen molar-refractivity contribution < 1.29 is 9.59 Å². The van der Waals surface area contributed by atoms with Crippen LogP contribution in [-0.2, 0) is 29.0 Å². The molecular formula is C23H24N4O2. The second-order valence-electron chi connectivity index (χ2n) is 7.34. The Bertz CT molecular complexity index is 1030. The fourth-order valence-electron chi connectivity index (χ4n) is 3.93. The monoisotopic (exact) mass is 388 g/mol. The number of fused-ring (bicyclic) bond motifs is 1. The molecule has 6 nitrogen and oxygen atoms in total. The zero-order valence-corrected chi connectivity index (χ0v) is 16.2. The van der Waals surface area contributed by atoms with Gasteiger partial charge >= 0.3 is 0 Å². The number of hydrogen-bond donors (Lipinski definition) is 2. The Hall–Kier alpha value is -3.25. The minimum atomic E-state index is -0.426. The van der Waals surface area contributed by atoms with Crippen molar-refractivity contribution in [2.24, 2.45) is 5.73 Å². The molecule has 0 bridgehead atoms. The SMILES string of the molecule is NCC(C=O)c1c(Cc2ccccc2)ncn1Cc1cccc2c1NC(=O)CC2. The van der Waals surface area contributed by atoms with E-state index in [0.29, 0.717) is 19.4 Å². The van der Waals surface area contributed by atoms with Crippen LogP contribution in [0.5, 0.6) is 0 Å². The molecule has 6 heteroatoms. The fraction of sp³-hybridized carbons (Fsp3) is 0.261. The molecule has 0 saturated heterocycles. The van der Waals surface area contributed by atoms with Crippen LogP contribution in [0, 0.1) is 0 Å². The van der Waals surface area contributed by atoms with Crippen LogP contribution in [0.3, 0.4) is 0 Å². The van der Waals surface area contributed by atoms with E-state index in [2.05, 4.69) is 10.3 Å². The van der Waals surface area contributed by atoms with E-state index < -0.39 is 5.92 Å². The van der Waals surface area contributed by atoms with Crippen molar-refractivity contribution in [3.63, 3.8) is 0 Å². The number of aldehydes is 1. The molecule has 148 valence electrons. The minimum absolute atomic E-state index is 0.0355. The molecule has 2 aromatic carbocycles. The van der Waals surface area contributed by atoms with Crippen molar-refractivity contribution in [2.75, 3.05) is 11.9 Å². The van der Waals surface area contributed by atoms with E-state index >= 15 is 0 Å². The molecule has 1 atom stereocenters. The maximum atomic E-state index is 11.9. The van der Waals surface area contributed by atoms with Crippen molar-refractivity contribution in [2.45, 2.75) is 31.7 Å². The summed E-state index contributed by atoms with van der Waals surface area (Å²) in [6.07, 6.45) is 4.55. The van der Waals surface area contributed by atoms with Crippen LogP contribution in [0.2, 0.25) is 0 Å². The summed E-state index contributed by atoms with van der Waals surface area (Å²) in [5.41, 5.74) is 11.7. The van der Waals surface area contributed by atoms with Crippen molar-refractivity contribution in [1.29, 1.82) is 0 Å². The first-order chi connectivity index (χ1) is 14.2. The quantitative estimate of drug-likeness (QED) is 0.609. The Morgan fingerprint density at radius 2 is 1.97 bits per heavy atom. The molecule has 4 rings (SSSR count). The van der Waals surface area contributed by atoms with Gasteiger partial charge in [0.2, 0.25) is 5.91 Å². The Kier molecular flexibility index (Phi) is 5.53. The number of nitrogens with one attached hydrogen (secondary N) is 1. The predicted molar refractivity (Wildman–Crippen MR) is 112 cm³/mol. The van der Waals surface area contributed by atoms with E-state index in [9.17, 15) is 9.59 Å². The van der Waals surface area contributed by atoms with Crippen LogP contribution in [-0.4, -0.2) is 28.3 Å². The van der Waals surface area contributed by atoms with E-state index in [0.717, 1.165) is 46.5 Å². The van der Waals surface area contributed by atoms with Crippen LogP contribution in [0.1, 0.15) is 40.4 Å². The fourth-order valence-corrected chi connectivity index (χ4v) is 3.93. The summed E-state index contributed by atoms with van der Waals surface area (Å²) >= 11 is 0. The van der Waals surface area contributed by atoms with E-state index in [1.807, 2.05) is 53.1 Å². The number of rotatable bonds is 7. The number of aromatic nitrogens is 2. The van der Waals surface area contributed by atoms with Gasteiger partial charge in [-0.3, -0.25) is 4.79 Å². The van der Waals surface area contributed by atoms with Gasteiger partial charge in [0.1, 0.15) is 6.29 Å². The third-order valence-electron chi connectivity index (χ3n) is 5.41. The lowest BCUT2D eigenvalue weighted by Crippen LogP contribution is -2.22. The summed E-state index contributed by atoms with van der Waals surface area (Å²) in [5.74, 6) is -0.390. The number of imidazole rings is 1. The Balaban J connectivity index is 1.71. The van der Waals surface area contributed by atoms with Crippen LogP contribution in [0.4, 0.5) is 5.69 Å². The second kappa shape index (κ2) is 8.41. The van der Waals surface area contributed by atoms with E-state index in [1.165, 1.54) is 0 Å². The number of benzene rings is 2. The summed E-state index contributed by atoms with van der Waals surface area (Å²) in [6, 6.07) is 16.1. The van der Waals surface area contributed by atoms with Crippen molar-refractivity contribution in [3.8, 4) is 0 Å². The highest BCUT2D eigenvalue weighted by atomic mass is 16.1. The van der Waals surface area contributed by atoms with Crippen molar-refractivity contribution >= 4 is 17.9 Å². The zero-order chi connectivity index (χ0) is 20.2. The number of nitrogens with zero attached hydrogens (tertiary/aromatic N) is 2. The van der Waals surface area contributed by atoms with Crippen LogP contribution in [0.15, 0.2) is 54.9 Å². The Labute approximate surface area is 169 Å². The average molecular weight is 388 g/mol. The molecule has 0 fully saturated rings. The highest BCUT2D eigenvalue weighted by Gasteiger charge is 2.22. The third-order valence-corrected chi connectivity index (χ3v) is 5.41. The number of anilines is 1. The first kappa shape index (κ1) is 19.1. The number of nitrogens with two attached hydrogens (primary N) is 1. The average Bonchev–Trinajstić information content (AvgIpc) is 3.12. The highest BCUT2D eigenvalue weighted by Crippen LogP contribution is 2.29. The lowest BCUT2D eigenvalue weighted by molar-refractivity contribution is -0.116. The van der Waals surface area contributed by atoms with Gasteiger partial charge in [0.25, 0.3) is 0 Å². The van der Waals surface area contributed by atoms with E-state index in [4.69, 9.17) is 5.73 Å². The maximum absolute atomic E-state index is 11.9. The van der Waals surface area contributed by atoms with Crippen molar-refractivity contribution in [3.05, 3.63) is 82.9 Å². The van der Waals surface area contributed by atoms with Gasteiger partial charge in [0, 0.05) is 25.1 Å². The number of carbonyl (C=O) groups is 2. The normalized spacial score (nSPS) is 14.2. The Morgan fingerprint density at radius 3 is 2.72 bits per heavy atom. The third kappa shape index (κ3) is 3.98. The molecule has 3 N–H and O–H groups in total. The smallest absolute Gasteiger partial charge is 0.224 e. The summed E-state index contributed by atoms with van der Waals surface area (Å²) < 4.78 is 1.99. The topological polar surface area (TPSA) is 90.0 Å². The number of carbonyl (C=O) groups excluding carboxylic acids is 2. The van der Waals surface area contributed by atoms with Gasteiger partial charge in [-0.05, 0) is 23.1 Å². The number of hydrogen-bond acceptors (Lipinski definition) is 4. The molecular weight excluding hydrogens is 364 g/mol. The molecule has 1 aromatic heterocycles. The predicted octanol–water partition coefficient (Wildman–Crippen LogP) is 2.65. The summed E-state index contributed by atoms with van der Waals surface area (Å²) in [6.45, 7) is 0.742. The van der Waals surface area contributed by atoms with E-state index in [-0.39, 0.29) is 12.5 Å². The van der Waals surface area contributed by atoms with Crippen molar-refractivity contribution in [1.82, 2.24) is 9.55 Å². The summed E-state index contributed by atoms with van der Waals surface area (Å²) in [5, 5.41) is 3.01.